The van der Waals surface area contributed by atoms with E-state index in [2.05, 4.69) is 15.9 Å². The number of hydrogen-bond donors (Lipinski definition) is 1. The lowest BCUT2D eigenvalue weighted by atomic mass is 10.2. The lowest BCUT2D eigenvalue weighted by molar-refractivity contribution is -0.137. The SMILES string of the molecule is Nc1cc(Oc2cc(Cl)c(Br)cc2Cl)cc(C(F)(F)F)c1. The lowest BCUT2D eigenvalue weighted by Crippen LogP contribution is -2.06. The molecule has 112 valence electrons. The fourth-order valence-corrected chi connectivity index (χ4v) is 2.39. The molecule has 21 heavy (non-hydrogen) atoms. The summed E-state index contributed by atoms with van der Waals surface area (Å²) in [5.74, 6) is 0.0474. The minimum Gasteiger partial charge on any atom is -0.456 e. The van der Waals surface area contributed by atoms with Gasteiger partial charge in [0.05, 0.1) is 15.6 Å². The first-order valence-electron chi connectivity index (χ1n) is 5.47. The predicted octanol–water partition coefficient (Wildman–Crippen LogP) is 6.15. The van der Waals surface area contributed by atoms with E-state index in [1.54, 1.807) is 0 Å². The first kappa shape index (κ1) is 16.3. The molecule has 0 aliphatic heterocycles. The molecule has 0 saturated carbocycles. The van der Waals surface area contributed by atoms with Crippen LogP contribution >= 0.6 is 39.1 Å². The van der Waals surface area contributed by atoms with Crippen molar-refractivity contribution >= 4 is 44.8 Å². The van der Waals surface area contributed by atoms with Gasteiger partial charge in [-0.1, -0.05) is 23.2 Å². The van der Waals surface area contributed by atoms with Crippen LogP contribution in [-0.2, 0) is 6.18 Å². The highest BCUT2D eigenvalue weighted by atomic mass is 79.9. The summed E-state index contributed by atoms with van der Waals surface area (Å²) in [6.07, 6.45) is -4.52. The van der Waals surface area contributed by atoms with Crippen LogP contribution in [0.5, 0.6) is 11.5 Å². The maximum Gasteiger partial charge on any atom is 0.416 e. The number of nitrogens with two attached hydrogens (primary N) is 1. The number of rotatable bonds is 2. The molecule has 0 heterocycles. The third kappa shape index (κ3) is 3.96. The van der Waals surface area contributed by atoms with Crippen LogP contribution in [0.3, 0.4) is 0 Å². The van der Waals surface area contributed by atoms with E-state index < -0.39 is 11.7 Å². The topological polar surface area (TPSA) is 35.2 Å². The Balaban J connectivity index is 2.40. The van der Waals surface area contributed by atoms with Gasteiger partial charge in [-0.3, -0.25) is 0 Å². The van der Waals surface area contributed by atoms with E-state index in [4.69, 9.17) is 33.7 Å². The molecular formula is C13H7BrCl2F3NO. The zero-order valence-corrected chi connectivity index (χ0v) is 13.2. The summed E-state index contributed by atoms with van der Waals surface area (Å²) in [4.78, 5) is 0. The quantitative estimate of drug-likeness (QED) is 0.484. The van der Waals surface area contributed by atoms with Crippen molar-refractivity contribution in [1.82, 2.24) is 0 Å². The van der Waals surface area contributed by atoms with Crippen molar-refractivity contribution in [3.05, 3.63) is 50.4 Å². The highest BCUT2D eigenvalue weighted by Crippen LogP contribution is 2.39. The van der Waals surface area contributed by atoms with Crippen molar-refractivity contribution < 1.29 is 17.9 Å². The Morgan fingerprint density at radius 2 is 1.67 bits per heavy atom. The van der Waals surface area contributed by atoms with Crippen LogP contribution in [0, 0.1) is 0 Å². The van der Waals surface area contributed by atoms with Crippen molar-refractivity contribution in [2.45, 2.75) is 6.18 Å². The van der Waals surface area contributed by atoms with Crippen molar-refractivity contribution in [1.29, 1.82) is 0 Å². The zero-order chi connectivity index (χ0) is 15.8. The van der Waals surface area contributed by atoms with E-state index in [1.807, 2.05) is 0 Å². The van der Waals surface area contributed by atoms with Gasteiger partial charge in [-0.15, -0.1) is 0 Å². The third-order valence-corrected chi connectivity index (χ3v) is 3.95. The van der Waals surface area contributed by atoms with Gasteiger partial charge in [0.2, 0.25) is 0 Å². The molecule has 0 saturated heterocycles. The minimum absolute atomic E-state index is 0.0702. The van der Waals surface area contributed by atoms with E-state index in [0.717, 1.165) is 12.1 Å². The summed E-state index contributed by atoms with van der Waals surface area (Å²) in [7, 11) is 0. The Bertz CT molecular complexity index is 692. The normalized spacial score (nSPS) is 11.5. The number of ether oxygens (including phenoxy) is 1. The van der Waals surface area contributed by atoms with Gasteiger partial charge in [0.15, 0.2) is 0 Å². The maximum atomic E-state index is 12.7. The second-order valence-electron chi connectivity index (χ2n) is 4.09. The molecule has 0 aliphatic carbocycles. The molecule has 2 rings (SSSR count). The molecule has 2 aromatic rings. The summed E-state index contributed by atoms with van der Waals surface area (Å²) < 4.78 is 44.0. The van der Waals surface area contributed by atoms with E-state index in [1.165, 1.54) is 18.2 Å². The Morgan fingerprint density at radius 1 is 1.00 bits per heavy atom. The standard InChI is InChI=1S/C13H7BrCl2F3NO/c14-9-4-11(16)12(5-10(9)15)21-8-2-6(13(17,18)19)1-7(20)3-8/h1-5H,20H2. The number of nitrogen functional groups attached to an aromatic ring is 1. The Labute approximate surface area is 136 Å². The average Bonchev–Trinajstić information content (AvgIpc) is 2.34. The fraction of sp³-hybridized carbons (Fsp3) is 0.0769. The van der Waals surface area contributed by atoms with Gasteiger partial charge < -0.3 is 10.5 Å². The molecule has 0 fully saturated rings. The zero-order valence-electron chi connectivity index (χ0n) is 10.1. The minimum atomic E-state index is -4.52. The molecule has 0 aliphatic rings. The molecule has 0 spiro atoms. The molecule has 0 unspecified atom stereocenters. The molecule has 8 heteroatoms. The molecule has 0 bridgehead atoms. The molecule has 0 amide bonds. The summed E-state index contributed by atoms with van der Waals surface area (Å²) in [6.45, 7) is 0. The molecule has 0 radical (unpaired) electrons. The lowest BCUT2D eigenvalue weighted by Gasteiger charge is -2.13. The summed E-state index contributed by atoms with van der Waals surface area (Å²) >= 11 is 15.0. The number of anilines is 1. The predicted molar refractivity (Wildman–Crippen MR) is 80.1 cm³/mol. The van der Waals surface area contributed by atoms with Crippen molar-refractivity contribution in [2.24, 2.45) is 0 Å². The largest absolute Gasteiger partial charge is 0.456 e. The van der Waals surface area contributed by atoms with Crippen LogP contribution in [0.2, 0.25) is 10.0 Å². The fourth-order valence-electron chi connectivity index (χ4n) is 1.55. The number of halogens is 6. The number of hydrogen-bond acceptors (Lipinski definition) is 2. The van der Waals surface area contributed by atoms with Gasteiger partial charge in [0.1, 0.15) is 11.5 Å². The first-order chi connectivity index (χ1) is 9.66. The van der Waals surface area contributed by atoms with Gasteiger partial charge in [0, 0.05) is 22.3 Å². The van der Waals surface area contributed by atoms with Crippen LogP contribution in [0.4, 0.5) is 18.9 Å². The second kappa shape index (κ2) is 5.94. The van der Waals surface area contributed by atoms with E-state index in [-0.39, 0.29) is 22.2 Å². The number of alkyl halides is 3. The average molecular weight is 401 g/mol. The van der Waals surface area contributed by atoms with Crippen LogP contribution in [0.1, 0.15) is 5.56 Å². The summed E-state index contributed by atoms with van der Waals surface area (Å²) in [6, 6.07) is 5.80. The summed E-state index contributed by atoms with van der Waals surface area (Å²) in [5.41, 5.74) is 4.48. The Morgan fingerprint density at radius 3 is 2.29 bits per heavy atom. The van der Waals surface area contributed by atoms with Crippen molar-refractivity contribution in [3.8, 4) is 11.5 Å². The maximum absolute atomic E-state index is 12.7. The summed E-state index contributed by atoms with van der Waals surface area (Å²) in [5, 5.41) is 0.511. The van der Waals surface area contributed by atoms with E-state index >= 15 is 0 Å². The van der Waals surface area contributed by atoms with Crippen LogP contribution < -0.4 is 10.5 Å². The Kier molecular flexibility index (Phi) is 4.60. The Hall–Kier alpha value is -1.11. The van der Waals surface area contributed by atoms with Crippen molar-refractivity contribution in [2.75, 3.05) is 5.73 Å². The van der Waals surface area contributed by atoms with Gasteiger partial charge >= 0.3 is 6.18 Å². The highest BCUT2D eigenvalue weighted by molar-refractivity contribution is 9.10. The van der Waals surface area contributed by atoms with Gasteiger partial charge in [0.25, 0.3) is 0 Å². The molecule has 0 atom stereocenters. The third-order valence-electron chi connectivity index (χ3n) is 2.46. The van der Waals surface area contributed by atoms with Crippen molar-refractivity contribution in [3.63, 3.8) is 0 Å². The molecular weight excluding hydrogens is 394 g/mol. The molecule has 2 nitrogen and oxygen atoms in total. The second-order valence-corrected chi connectivity index (χ2v) is 5.76. The monoisotopic (exact) mass is 399 g/mol. The van der Waals surface area contributed by atoms with E-state index in [0.29, 0.717) is 9.50 Å². The van der Waals surface area contributed by atoms with Crippen LogP contribution in [0.25, 0.3) is 0 Å². The smallest absolute Gasteiger partial charge is 0.416 e. The van der Waals surface area contributed by atoms with Gasteiger partial charge in [-0.05, 0) is 34.1 Å². The highest BCUT2D eigenvalue weighted by Gasteiger charge is 2.31. The van der Waals surface area contributed by atoms with Crippen LogP contribution in [0.15, 0.2) is 34.8 Å². The van der Waals surface area contributed by atoms with E-state index in [9.17, 15) is 13.2 Å². The number of benzene rings is 2. The van der Waals surface area contributed by atoms with Gasteiger partial charge in [-0.2, -0.15) is 13.2 Å². The molecule has 2 N–H and O–H groups in total. The molecule has 0 aromatic heterocycles. The van der Waals surface area contributed by atoms with Crippen LogP contribution in [-0.4, -0.2) is 0 Å². The van der Waals surface area contributed by atoms with Gasteiger partial charge in [-0.25, -0.2) is 0 Å². The molecule has 2 aromatic carbocycles. The first-order valence-corrected chi connectivity index (χ1v) is 7.02.